The van der Waals surface area contributed by atoms with Crippen LogP contribution in [-0.4, -0.2) is 21.3 Å². The van der Waals surface area contributed by atoms with Crippen LogP contribution in [0.2, 0.25) is 0 Å². The first-order valence-corrected chi connectivity index (χ1v) is 5.64. The van der Waals surface area contributed by atoms with Gasteiger partial charge in [-0.25, -0.2) is 0 Å². The molecule has 1 aromatic carbocycles. The van der Waals surface area contributed by atoms with Gasteiger partial charge in [0, 0.05) is 24.3 Å². The zero-order chi connectivity index (χ0) is 11.0. The Bertz CT molecular complexity index is 515. The first-order chi connectivity index (χ1) is 7.88. The number of fused-ring (bicyclic) bond motifs is 1. The third-order valence-electron chi connectivity index (χ3n) is 3.01. The Morgan fingerprint density at radius 1 is 1.44 bits per heavy atom. The van der Waals surface area contributed by atoms with Crippen LogP contribution in [0, 0.1) is 0 Å². The van der Waals surface area contributed by atoms with Gasteiger partial charge in [0.1, 0.15) is 12.2 Å². The molecule has 0 spiro atoms. The lowest BCUT2D eigenvalue weighted by Crippen LogP contribution is -1.99. The summed E-state index contributed by atoms with van der Waals surface area (Å²) in [4.78, 5) is 0. The zero-order valence-electron chi connectivity index (χ0n) is 9.27. The highest BCUT2D eigenvalue weighted by atomic mass is 15.3. The summed E-state index contributed by atoms with van der Waals surface area (Å²) in [6.45, 7) is 3.14. The van der Waals surface area contributed by atoms with Crippen molar-refractivity contribution in [3.8, 4) is 5.69 Å². The molecular formula is C12H14N4. The maximum absolute atomic E-state index is 4.10. The summed E-state index contributed by atoms with van der Waals surface area (Å²) >= 11 is 0. The molecule has 4 nitrogen and oxygen atoms in total. The molecule has 2 aromatic rings. The van der Waals surface area contributed by atoms with Crippen LogP contribution >= 0.6 is 0 Å². The molecule has 0 bridgehead atoms. The van der Waals surface area contributed by atoms with Gasteiger partial charge in [-0.2, -0.15) is 0 Å². The van der Waals surface area contributed by atoms with Gasteiger partial charge in [0.15, 0.2) is 0 Å². The van der Waals surface area contributed by atoms with Gasteiger partial charge in [0.05, 0.1) is 0 Å². The lowest BCUT2D eigenvalue weighted by atomic mass is 10.1. The summed E-state index contributed by atoms with van der Waals surface area (Å²) < 4.78 is 2.05. The molecule has 1 aliphatic rings. The standard InChI is InChI=1S/C12H14N4/c1-2-12-15-14-8-16(12)10-3-4-11-9(7-10)5-6-13-11/h3-4,7-8,13H,2,5-6H2,1H3. The summed E-state index contributed by atoms with van der Waals surface area (Å²) in [5.41, 5.74) is 3.80. The van der Waals surface area contributed by atoms with E-state index >= 15 is 0 Å². The van der Waals surface area contributed by atoms with Crippen LogP contribution in [0.1, 0.15) is 18.3 Å². The van der Waals surface area contributed by atoms with E-state index in [1.165, 1.54) is 11.3 Å². The largest absolute Gasteiger partial charge is 0.384 e. The van der Waals surface area contributed by atoms with E-state index in [1.54, 1.807) is 6.33 Å². The second kappa shape index (κ2) is 3.63. The Kier molecular flexibility index (Phi) is 2.13. The normalized spacial score (nSPS) is 13.6. The van der Waals surface area contributed by atoms with Gasteiger partial charge in [-0.05, 0) is 30.2 Å². The third kappa shape index (κ3) is 1.38. The molecule has 4 heteroatoms. The highest BCUT2D eigenvalue weighted by Gasteiger charge is 2.11. The lowest BCUT2D eigenvalue weighted by Gasteiger charge is -2.07. The van der Waals surface area contributed by atoms with Crippen molar-refractivity contribution in [3.63, 3.8) is 0 Å². The molecule has 0 fully saturated rings. The molecule has 16 heavy (non-hydrogen) atoms. The molecule has 0 saturated heterocycles. The predicted octanol–water partition coefficient (Wildman–Crippen LogP) is 1.80. The maximum Gasteiger partial charge on any atom is 0.137 e. The number of hydrogen-bond acceptors (Lipinski definition) is 3. The molecule has 1 N–H and O–H groups in total. The molecule has 0 unspecified atom stereocenters. The van der Waals surface area contributed by atoms with Crippen LogP contribution in [0.15, 0.2) is 24.5 Å². The smallest absolute Gasteiger partial charge is 0.137 e. The Morgan fingerprint density at radius 3 is 3.25 bits per heavy atom. The van der Waals surface area contributed by atoms with Crippen LogP contribution in [0.5, 0.6) is 0 Å². The molecule has 3 rings (SSSR count). The predicted molar refractivity (Wildman–Crippen MR) is 62.9 cm³/mol. The molecule has 1 aromatic heterocycles. The molecule has 1 aliphatic heterocycles. The van der Waals surface area contributed by atoms with E-state index in [0.29, 0.717) is 0 Å². The molecule has 0 radical (unpaired) electrons. The topological polar surface area (TPSA) is 42.7 Å². The van der Waals surface area contributed by atoms with Gasteiger partial charge in [-0.1, -0.05) is 6.92 Å². The van der Waals surface area contributed by atoms with E-state index in [0.717, 1.165) is 30.9 Å². The van der Waals surface area contributed by atoms with E-state index in [9.17, 15) is 0 Å². The average molecular weight is 214 g/mol. The first kappa shape index (κ1) is 9.39. The number of aryl methyl sites for hydroxylation is 1. The summed E-state index contributed by atoms with van der Waals surface area (Å²) in [5.74, 6) is 1.01. The van der Waals surface area contributed by atoms with Crippen molar-refractivity contribution >= 4 is 5.69 Å². The first-order valence-electron chi connectivity index (χ1n) is 5.64. The van der Waals surface area contributed by atoms with Crippen LogP contribution in [0.4, 0.5) is 5.69 Å². The quantitative estimate of drug-likeness (QED) is 0.829. The fourth-order valence-electron chi connectivity index (χ4n) is 2.16. The molecule has 82 valence electrons. The van der Waals surface area contributed by atoms with E-state index < -0.39 is 0 Å². The van der Waals surface area contributed by atoms with Crippen LogP contribution < -0.4 is 5.32 Å². The second-order valence-electron chi connectivity index (χ2n) is 3.99. The van der Waals surface area contributed by atoms with Gasteiger partial charge in [0.25, 0.3) is 0 Å². The minimum Gasteiger partial charge on any atom is -0.384 e. The highest BCUT2D eigenvalue weighted by molar-refractivity contribution is 5.59. The van der Waals surface area contributed by atoms with Crippen molar-refractivity contribution in [3.05, 3.63) is 35.9 Å². The van der Waals surface area contributed by atoms with Gasteiger partial charge in [-0.15, -0.1) is 10.2 Å². The summed E-state index contributed by atoms with van der Waals surface area (Å²) in [5, 5.41) is 11.4. The number of rotatable bonds is 2. The minimum absolute atomic E-state index is 0.898. The van der Waals surface area contributed by atoms with E-state index in [4.69, 9.17) is 0 Å². The van der Waals surface area contributed by atoms with Crippen LogP contribution in [-0.2, 0) is 12.8 Å². The van der Waals surface area contributed by atoms with E-state index in [2.05, 4.69) is 45.2 Å². The number of anilines is 1. The summed E-state index contributed by atoms with van der Waals surface area (Å²) in [6.07, 6.45) is 3.78. The van der Waals surface area contributed by atoms with E-state index in [-0.39, 0.29) is 0 Å². The molecular weight excluding hydrogens is 200 g/mol. The fourth-order valence-corrected chi connectivity index (χ4v) is 2.16. The highest BCUT2D eigenvalue weighted by Crippen LogP contribution is 2.24. The summed E-state index contributed by atoms with van der Waals surface area (Å²) in [6, 6.07) is 6.47. The number of nitrogens with zero attached hydrogens (tertiary/aromatic N) is 3. The van der Waals surface area contributed by atoms with Crippen LogP contribution in [0.3, 0.4) is 0 Å². The number of aromatic nitrogens is 3. The fraction of sp³-hybridized carbons (Fsp3) is 0.333. The Balaban J connectivity index is 2.07. The summed E-state index contributed by atoms with van der Waals surface area (Å²) in [7, 11) is 0. The Labute approximate surface area is 94.3 Å². The average Bonchev–Trinajstić information content (AvgIpc) is 2.96. The van der Waals surface area contributed by atoms with Crippen LogP contribution in [0.25, 0.3) is 5.69 Å². The maximum atomic E-state index is 4.10. The number of hydrogen-bond donors (Lipinski definition) is 1. The van der Waals surface area contributed by atoms with Crippen molar-refractivity contribution < 1.29 is 0 Å². The van der Waals surface area contributed by atoms with Crippen molar-refractivity contribution in [1.29, 1.82) is 0 Å². The minimum atomic E-state index is 0.898. The van der Waals surface area contributed by atoms with Crippen molar-refractivity contribution in [1.82, 2.24) is 14.8 Å². The zero-order valence-corrected chi connectivity index (χ0v) is 9.27. The third-order valence-corrected chi connectivity index (χ3v) is 3.01. The van der Waals surface area contributed by atoms with Gasteiger partial charge in [0.2, 0.25) is 0 Å². The molecule has 0 aliphatic carbocycles. The molecule has 0 saturated carbocycles. The van der Waals surface area contributed by atoms with Crippen molar-refractivity contribution in [2.45, 2.75) is 19.8 Å². The van der Waals surface area contributed by atoms with E-state index in [1.807, 2.05) is 0 Å². The Hall–Kier alpha value is -1.84. The monoisotopic (exact) mass is 214 g/mol. The number of nitrogens with one attached hydrogen (secondary N) is 1. The van der Waals surface area contributed by atoms with Crippen molar-refractivity contribution in [2.75, 3.05) is 11.9 Å². The SMILES string of the molecule is CCc1nncn1-c1ccc2c(c1)CCN2. The van der Waals surface area contributed by atoms with Crippen molar-refractivity contribution in [2.24, 2.45) is 0 Å². The van der Waals surface area contributed by atoms with Gasteiger partial charge in [-0.3, -0.25) is 4.57 Å². The molecule has 2 heterocycles. The number of benzene rings is 1. The lowest BCUT2D eigenvalue weighted by molar-refractivity contribution is 0.882. The van der Waals surface area contributed by atoms with Gasteiger partial charge >= 0.3 is 0 Å². The second-order valence-corrected chi connectivity index (χ2v) is 3.99. The molecule has 0 atom stereocenters. The van der Waals surface area contributed by atoms with Gasteiger partial charge < -0.3 is 5.32 Å². The Morgan fingerprint density at radius 2 is 2.38 bits per heavy atom. The molecule has 0 amide bonds.